The Balaban J connectivity index is 2.21. The van der Waals surface area contributed by atoms with E-state index in [9.17, 15) is 4.79 Å². The predicted molar refractivity (Wildman–Crippen MR) is 54.2 cm³/mol. The smallest absolute Gasteiger partial charge is 0.328 e. The third-order valence-corrected chi connectivity index (χ3v) is 3.05. The summed E-state index contributed by atoms with van der Waals surface area (Å²) in [5.74, 6) is -0.887. The average Bonchev–Trinajstić information content (AvgIpc) is 2.65. The summed E-state index contributed by atoms with van der Waals surface area (Å²) in [5.41, 5.74) is 0. The lowest BCUT2D eigenvalue weighted by molar-refractivity contribution is -0.141. The van der Waals surface area contributed by atoms with Crippen LogP contribution >= 0.6 is 11.3 Å². The van der Waals surface area contributed by atoms with Crippen molar-refractivity contribution < 1.29 is 14.6 Å². The van der Waals surface area contributed by atoms with Crippen LogP contribution in [-0.2, 0) is 9.53 Å². The minimum atomic E-state index is -0.887. The number of hydrogen-bond acceptors (Lipinski definition) is 6. The van der Waals surface area contributed by atoms with Crippen molar-refractivity contribution in [3.05, 3.63) is 5.01 Å². The van der Waals surface area contributed by atoms with Crippen molar-refractivity contribution in [3.63, 3.8) is 0 Å². The van der Waals surface area contributed by atoms with E-state index < -0.39 is 12.0 Å². The second-order valence-electron chi connectivity index (χ2n) is 3.23. The van der Waals surface area contributed by atoms with Crippen LogP contribution in [0.2, 0.25) is 0 Å². The van der Waals surface area contributed by atoms with Crippen LogP contribution in [-0.4, -0.2) is 47.1 Å². The summed E-state index contributed by atoms with van der Waals surface area (Å²) >= 11 is 1.40. The molecule has 1 aromatic heterocycles. The van der Waals surface area contributed by atoms with E-state index in [0.717, 1.165) is 5.01 Å². The van der Waals surface area contributed by atoms with E-state index in [0.29, 0.717) is 18.3 Å². The van der Waals surface area contributed by atoms with E-state index in [-0.39, 0.29) is 6.61 Å². The largest absolute Gasteiger partial charge is 0.480 e. The van der Waals surface area contributed by atoms with Crippen LogP contribution in [0.25, 0.3) is 0 Å². The number of hydrogen-bond donors (Lipinski definition) is 1. The number of aryl methyl sites for hydroxylation is 1. The summed E-state index contributed by atoms with van der Waals surface area (Å²) < 4.78 is 5.14. The molecule has 0 aromatic carbocycles. The third-order valence-electron chi connectivity index (χ3n) is 2.17. The van der Waals surface area contributed by atoms with Gasteiger partial charge in [-0.25, -0.2) is 4.79 Å². The van der Waals surface area contributed by atoms with Gasteiger partial charge in [0.1, 0.15) is 5.01 Å². The fraction of sp³-hybridized carbons (Fsp3) is 0.625. The molecule has 0 spiro atoms. The molecule has 1 saturated heterocycles. The van der Waals surface area contributed by atoms with Crippen molar-refractivity contribution in [1.29, 1.82) is 0 Å². The molecule has 15 heavy (non-hydrogen) atoms. The van der Waals surface area contributed by atoms with Gasteiger partial charge in [0, 0.05) is 6.54 Å². The van der Waals surface area contributed by atoms with Crippen LogP contribution in [0.15, 0.2) is 0 Å². The number of ether oxygens (including phenoxy) is 1. The molecule has 2 heterocycles. The third kappa shape index (κ3) is 2.07. The second-order valence-corrected chi connectivity index (χ2v) is 4.39. The Labute approximate surface area is 90.5 Å². The zero-order valence-electron chi connectivity index (χ0n) is 8.21. The first kappa shape index (κ1) is 10.3. The number of carboxylic acids is 1. The highest BCUT2D eigenvalue weighted by molar-refractivity contribution is 7.15. The molecule has 0 bridgehead atoms. The Morgan fingerprint density at radius 2 is 2.47 bits per heavy atom. The van der Waals surface area contributed by atoms with E-state index in [1.54, 1.807) is 4.90 Å². The highest BCUT2D eigenvalue weighted by Crippen LogP contribution is 2.23. The number of morpholine rings is 1. The lowest BCUT2D eigenvalue weighted by Crippen LogP contribution is -2.50. The molecule has 0 radical (unpaired) electrons. The minimum Gasteiger partial charge on any atom is -0.480 e. The highest BCUT2D eigenvalue weighted by Gasteiger charge is 2.31. The van der Waals surface area contributed by atoms with E-state index in [1.807, 2.05) is 6.92 Å². The number of nitrogens with zero attached hydrogens (tertiary/aromatic N) is 3. The summed E-state index contributed by atoms with van der Waals surface area (Å²) in [5, 5.41) is 18.3. The van der Waals surface area contributed by atoms with Crippen molar-refractivity contribution in [1.82, 2.24) is 10.2 Å². The Bertz CT molecular complexity index is 368. The molecule has 1 unspecified atom stereocenters. The van der Waals surface area contributed by atoms with Crippen LogP contribution in [0.4, 0.5) is 5.13 Å². The quantitative estimate of drug-likeness (QED) is 0.777. The zero-order valence-corrected chi connectivity index (χ0v) is 9.03. The van der Waals surface area contributed by atoms with E-state index >= 15 is 0 Å². The van der Waals surface area contributed by atoms with Gasteiger partial charge in [0.15, 0.2) is 6.04 Å². The summed E-state index contributed by atoms with van der Waals surface area (Å²) in [6.07, 6.45) is 0. The molecule has 7 heteroatoms. The Kier molecular flexibility index (Phi) is 2.83. The maximum atomic E-state index is 11.0. The summed E-state index contributed by atoms with van der Waals surface area (Å²) in [6.45, 7) is 3.12. The van der Waals surface area contributed by atoms with Gasteiger partial charge < -0.3 is 14.7 Å². The number of rotatable bonds is 2. The van der Waals surface area contributed by atoms with Gasteiger partial charge in [-0.2, -0.15) is 0 Å². The topological polar surface area (TPSA) is 75.5 Å². The number of aromatic nitrogens is 2. The van der Waals surface area contributed by atoms with Crippen molar-refractivity contribution in [2.45, 2.75) is 13.0 Å². The molecule has 1 aliphatic rings. The van der Waals surface area contributed by atoms with E-state index in [4.69, 9.17) is 9.84 Å². The molecule has 1 atom stereocenters. The fourth-order valence-corrected chi connectivity index (χ4v) is 2.20. The molecule has 2 rings (SSSR count). The molecule has 1 aliphatic heterocycles. The van der Waals surface area contributed by atoms with Crippen molar-refractivity contribution in [2.24, 2.45) is 0 Å². The summed E-state index contributed by atoms with van der Waals surface area (Å²) in [4.78, 5) is 12.7. The second kappa shape index (κ2) is 4.11. The number of carbonyl (C=O) groups is 1. The van der Waals surface area contributed by atoms with Crippen LogP contribution in [0.5, 0.6) is 0 Å². The van der Waals surface area contributed by atoms with Gasteiger partial charge in [-0.15, -0.1) is 10.2 Å². The van der Waals surface area contributed by atoms with Gasteiger partial charge in [-0.1, -0.05) is 11.3 Å². The lowest BCUT2D eigenvalue weighted by atomic mass is 10.2. The van der Waals surface area contributed by atoms with Crippen LogP contribution in [0, 0.1) is 6.92 Å². The highest BCUT2D eigenvalue weighted by atomic mass is 32.1. The van der Waals surface area contributed by atoms with Gasteiger partial charge in [0.25, 0.3) is 0 Å². The van der Waals surface area contributed by atoms with E-state index in [2.05, 4.69) is 10.2 Å². The molecular formula is C8H11N3O3S. The Hall–Kier alpha value is -1.21. The van der Waals surface area contributed by atoms with Gasteiger partial charge in [0.2, 0.25) is 5.13 Å². The molecule has 6 nitrogen and oxygen atoms in total. The van der Waals surface area contributed by atoms with Gasteiger partial charge in [0.05, 0.1) is 13.2 Å². The molecule has 1 N–H and O–H groups in total. The summed E-state index contributed by atoms with van der Waals surface area (Å²) in [6, 6.07) is -0.647. The number of aliphatic carboxylic acids is 1. The molecular weight excluding hydrogens is 218 g/mol. The monoisotopic (exact) mass is 229 g/mol. The van der Waals surface area contributed by atoms with Crippen molar-refractivity contribution in [2.75, 3.05) is 24.7 Å². The maximum Gasteiger partial charge on any atom is 0.328 e. The predicted octanol–water partition coefficient (Wildman–Crippen LogP) is 0.136. The lowest BCUT2D eigenvalue weighted by Gasteiger charge is -2.31. The number of carboxylic acid groups (broad SMARTS) is 1. The normalized spacial score (nSPS) is 21.7. The fourth-order valence-electron chi connectivity index (χ4n) is 1.44. The molecule has 0 aliphatic carbocycles. The van der Waals surface area contributed by atoms with Gasteiger partial charge in [-0.3, -0.25) is 0 Å². The van der Waals surface area contributed by atoms with Crippen LogP contribution < -0.4 is 4.90 Å². The van der Waals surface area contributed by atoms with Crippen molar-refractivity contribution in [3.8, 4) is 0 Å². The molecule has 1 aromatic rings. The standard InChI is InChI=1S/C8H11N3O3S/c1-5-9-10-8(15-5)11-2-3-14-4-6(11)7(12)13/h6H,2-4H2,1H3,(H,12,13). The zero-order chi connectivity index (χ0) is 10.8. The summed E-state index contributed by atoms with van der Waals surface area (Å²) in [7, 11) is 0. The van der Waals surface area contributed by atoms with E-state index in [1.165, 1.54) is 11.3 Å². The molecule has 0 amide bonds. The van der Waals surface area contributed by atoms with Crippen molar-refractivity contribution >= 4 is 22.4 Å². The minimum absolute atomic E-state index is 0.202. The van der Waals surface area contributed by atoms with Crippen LogP contribution in [0.1, 0.15) is 5.01 Å². The Morgan fingerprint density at radius 1 is 1.67 bits per heavy atom. The first-order chi connectivity index (χ1) is 7.18. The van der Waals surface area contributed by atoms with Gasteiger partial charge in [-0.05, 0) is 6.92 Å². The van der Waals surface area contributed by atoms with Gasteiger partial charge >= 0.3 is 5.97 Å². The first-order valence-electron chi connectivity index (χ1n) is 4.56. The number of anilines is 1. The Morgan fingerprint density at radius 3 is 3.07 bits per heavy atom. The molecule has 1 fully saturated rings. The maximum absolute atomic E-state index is 11.0. The average molecular weight is 229 g/mol. The molecule has 82 valence electrons. The first-order valence-corrected chi connectivity index (χ1v) is 5.37. The SMILES string of the molecule is Cc1nnc(N2CCOCC2C(=O)O)s1. The molecule has 0 saturated carbocycles. The van der Waals surface area contributed by atoms with Crippen LogP contribution in [0.3, 0.4) is 0 Å².